The molecule has 0 aromatic heterocycles. The van der Waals surface area contributed by atoms with Crippen molar-refractivity contribution in [3.8, 4) is 0 Å². The molecule has 2 rings (SSSR count). The zero-order chi connectivity index (χ0) is 14.4. The van der Waals surface area contributed by atoms with Crippen LogP contribution in [0.15, 0.2) is 12.7 Å². The van der Waals surface area contributed by atoms with Crippen LogP contribution in [-0.4, -0.2) is 47.2 Å². The van der Waals surface area contributed by atoms with E-state index in [9.17, 15) is 4.79 Å². The molecule has 108 valence electrons. The van der Waals surface area contributed by atoms with Crippen LogP contribution in [0.25, 0.3) is 0 Å². The SMILES string of the molecule is C=C[C@H]1O[C@H]1C1COC(C)(C)N1C(=O)OC(C)(C)C. The molecule has 1 amide bonds. The van der Waals surface area contributed by atoms with Gasteiger partial charge in [-0.25, -0.2) is 4.79 Å². The van der Waals surface area contributed by atoms with Gasteiger partial charge in [0.05, 0.1) is 12.6 Å². The van der Waals surface area contributed by atoms with E-state index in [1.165, 1.54) is 0 Å². The molecule has 0 spiro atoms. The van der Waals surface area contributed by atoms with Gasteiger partial charge in [-0.15, -0.1) is 6.58 Å². The normalized spacial score (nSPS) is 33.1. The van der Waals surface area contributed by atoms with Crippen LogP contribution in [0.4, 0.5) is 4.79 Å². The Labute approximate surface area is 114 Å². The molecule has 0 aliphatic carbocycles. The van der Waals surface area contributed by atoms with Crippen molar-refractivity contribution in [2.24, 2.45) is 0 Å². The summed E-state index contributed by atoms with van der Waals surface area (Å²) in [6.45, 7) is 13.4. The minimum atomic E-state index is -0.676. The van der Waals surface area contributed by atoms with E-state index < -0.39 is 11.3 Å². The maximum atomic E-state index is 12.4. The van der Waals surface area contributed by atoms with Gasteiger partial charge in [-0.2, -0.15) is 0 Å². The van der Waals surface area contributed by atoms with E-state index in [2.05, 4.69) is 6.58 Å². The molecule has 0 radical (unpaired) electrons. The quantitative estimate of drug-likeness (QED) is 0.570. The molecule has 1 unspecified atom stereocenters. The van der Waals surface area contributed by atoms with Gasteiger partial charge in [0, 0.05) is 0 Å². The van der Waals surface area contributed by atoms with Gasteiger partial charge in [0.2, 0.25) is 0 Å². The summed E-state index contributed by atoms with van der Waals surface area (Å²) in [6, 6.07) is -0.118. The Balaban J connectivity index is 2.13. The second-order valence-corrected chi connectivity index (χ2v) is 6.48. The van der Waals surface area contributed by atoms with E-state index >= 15 is 0 Å². The van der Waals surface area contributed by atoms with Gasteiger partial charge in [-0.3, -0.25) is 4.90 Å². The largest absolute Gasteiger partial charge is 0.444 e. The summed E-state index contributed by atoms with van der Waals surface area (Å²) in [7, 11) is 0. The van der Waals surface area contributed by atoms with E-state index in [0.29, 0.717) is 6.61 Å². The lowest BCUT2D eigenvalue weighted by atomic mass is 10.1. The van der Waals surface area contributed by atoms with Gasteiger partial charge in [0.1, 0.15) is 23.5 Å². The Bertz CT molecular complexity index is 385. The Morgan fingerprint density at radius 3 is 2.58 bits per heavy atom. The van der Waals surface area contributed by atoms with Crippen molar-refractivity contribution in [2.45, 2.75) is 64.2 Å². The van der Waals surface area contributed by atoms with Crippen LogP contribution in [0.1, 0.15) is 34.6 Å². The Morgan fingerprint density at radius 2 is 2.11 bits per heavy atom. The van der Waals surface area contributed by atoms with Crippen molar-refractivity contribution in [1.29, 1.82) is 0 Å². The zero-order valence-corrected chi connectivity index (χ0v) is 12.3. The van der Waals surface area contributed by atoms with Crippen molar-refractivity contribution < 1.29 is 19.0 Å². The van der Waals surface area contributed by atoms with Crippen LogP contribution in [0, 0.1) is 0 Å². The number of amides is 1. The summed E-state index contributed by atoms with van der Waals surface area (Å²) in [6.07, 6.45) is 1.36. The Kier molecular flexibility index (Phi) is 3.39. The van der Waals surface area contributed by atoms with Gasteiger partial charge >= 0.3 is 6.09 Å². The van der Waals surface area contributed by atoms with Crippen LogP contribution < -0.4 is 0 Å². The van der Waals surface area contributed by atoms with E-state index in [1.54, 1.807) is 11.0 Å². The molecule has 0 N–H and O–H groups in total. The fraction of sp³-hybridized carbons (Fsp3) is 0.786. The molecule has 0 saturated carbocycles. The summed E-state index contributed by atoms with van der Waals surface area (Å²) >= 11 is 0. The summed E-state index contributed by atoms with van der Waals surface area (Å²) in [5.41, 5.74) is -1.20. The number of epoxide rings is 1. The number of ether oxygens (including phenoxy) is 3. The first-order valence-electron chi connectivity index (χ1n) is 6.60. The van der Waals surface area contributed by atoms with Gasteiger partial charge in [0.25, 0.3) is 0 Å². The van der Waals surface area contributed by atoms with Gasteiger partial charge < -0.3 is 14.2 Å². The van der Waals surface area contributed by atoms with E-state index in [4.69, 9.17) is 14.2 Å². The summed E-state index contributed by atoms with van der Waals surface area (Å²) in [5.74, 6) is 0. The lowest BCUT2D eigenvalue weighted by Gasteiger charge is -2.34. The third-order valence-electron chi connectivity index (χ3n) is 3.28. The molecule has 0 aromatic carbocycles. The predicted octanol–water partition coefficient (Wildman–Crippen LogP) is 2.31. The Morgan fingerprint density at radius 1 is 1.47 bits per heavy atom. The topological polar surface area (TPSA) is 51.3 Å². The molecule has 19 heavy (non-hydrogen) atoms. The summed E-state index contributed by atoms with van der Waals surface area (Å²) < 4.78 is 16.7. The second kappa shape index (κ2) is 4.49. The first-order valence-corrected chi connectivity index (χ1v) is 6.60. The van der Waals surface area contributed by atoms with Gasteiger partial charge in [0.15, 0.2) is 0 Å². The number of carbonyl (C=O) groups excluding carboxylic acids is 1. The molecule has 0 bridgehead atoms. The number of hydrogen-bond acceptors (Lipinski definition) is 4. The fourth-order valence-electron chi connectivity index (χ4n) is 2.38. The molecule has 2 aliphatic rings. The highest BCUT2D eigenvalue weighted by Gasteiger charge is 2.55. The smallest absolute Gasteiger partial charge is 0.412 e. The summed E-state index contributed by atoms with van der Waals surface area (Å²) in [4.78, 5) is 14.0. The molecule has 2 aliphatic heterocycles. The zero-order valence-electron chi connectivity index (χ0n) is 12.3. The van der Waals surface area contributed by atoms with Crippen molar-refractivity contribution in [3.05, 3.63) is 12.7 Å². The van der Waals surface area contributed by atoms with Gasteiger partial charge in [-0.1, -0.05) is 6.08 Å². The average molecular weight is 269 g/mol. The highest BCUT2D eigenvalue weighted by molar-refractivity contribution is 5.70. The highest BCUT2D eigenvalue weighted by atomic mass is 16.6. The maximum absolute atomic E-state index is 12.4. The van der Waals surface area contributed by atoms with Crippen molar-refractivity contribution >= 4 is 6.09 Å². The molecular weight excluding hydrogens is 246 g/mol. The highest BCUT2D eigenvalue weighted by Crippen LogP contribution is 2.38. The summed E-state index contributed by atoms with van der Waals surface area (Å²) in [5, 5.41) is 0. The van der Waals surface area contributed by atoms with E-state index in [-0.39, 0.29) is 24.3 Å². The van der Waals surface area contributed by atoms with Crippen molar-refractivity contribution in [2.75, 3.05) is 6.61 Å². The first kappa shape index (κ1) is 14.3. The number of nitrogens with zero attached hydrogens (tertiary/aromatic N) is 1. The fourth-order valence-corrected chi connectivity index (χ4v) is 2.38. The molecule has 2 saturated heterocycles. The predicted molar refractivity (Wildman–Crippen MR) is 70.8 cm³/mol. The Hall–Kier alpha value is -1.07. The number of hydrogen-bond donors (Lipinski definition) is 0. The van der Waals surface area contributed by atoms with Crippen LogP contribution in [0.2, 0.25) is 0 Å². The average Bonchev–Trinajstić information content (AvgIpc) is 2.93. The molecule has 5 heteroatoms. The second-order valence-electron chi connectivity index (χ2n) is 6.48. The monoisotopic (exact) mass is 269 g/mol. The van der Waals surface area contributed by atoms with Crippen LogP contribution in [-0.2, 0) is 14.2 Å². The van der Waals surface area contributed by atoms with E-state index in [1.807, 2.05) is 34.6 Å². The minimum Gasteiger partial charge on any atom is -0.444 e. The van der Waals surface area contributed by atoms with Crippen LogP contribution >= 0.6 is 0 Å². The molecule has 0 aromatic rings. The third kappa shape index (κ3) is 2.92. The van der Waals surface area contributed by atoms with Crippen LogP contribution in [0.3, 0.4) is 0 Å². The lowest BCUT2D eigenvalue weighted by Crippen LogP contribution is -2.51. The van der Waals surface area contributed by atoms with Gasteiger partial charge in [-0.05, 0) is 34.6 Å². The molecule has 2 heterocycles. The first-order chi connectivity index (χ1) is 8.65. The van der Waals surface area contributed by atoms with Crippen molar-refractivity contribution in [3.63, 3.8) is 0 Å². The molecule has 5 nitrogen and oxygen atoms in total. The number of rotatable bonds is 2. The maximum Gasteiger partial charge on any atom is 0.412 e. The van der Waals surface area contributed by atoms with Crippen LogP contribution in [0.5, 0.6) is 0 Å². The standard InChI is InChI=1S/C14H23NO4/c1-7-10-11(18-10)9-8-17-14(5,6)15(9)12(16)19-13(2,3)4/h7,9-11H,1,8H2,2-6H3/t9?,10-,11+/m1/s1. The molecule has 3 atom stereocenters. The molecule has 2 fully saturated rings. The van der Waals surface area contributed by atoms with Crippen molar-refractivity contribution in [1.82, 2.24) is 4.90 Å². The van der Waals surface area contributed by atoms with E-state index in [0.717, 1.165) is 0 Å². The number of carbonyl (C=O) groups is 1. The minimum absolute atomic E-state index is 0.00689. The third-order valence-corrected chi connectivity index (χ3v) is 3.28. The molecular formula is C14H23NO4. The lowest BCUT2D eigenvalue weighted by molar-refractivity contribution is -0.0632.